The Morgan fingerprint density at radius 1 is 0.952 bits per heavy atom. The van der Waals surface area contributed by atoms with Crippen molar-refractivity contribution in [2.24, 2.45) is 0 Å². The third-order valence-electron chi connectivity index (χ3n) is 7.46. The van der Waals surface area contributed by atoms with E-state index in [-0.39, 0.29) is 29.1 Å². The summed E-state index contributed by atoms with van der Waals surface area (Å²) in [6, 6.07) is 15.1. The molecule has 224 valence electrons. The van der Waals surface area contributed by atoms with Crippen molar-refractivity contribution >= 4 is 50.7 Å². The molecule has 0 bridgehead atoms. The lowest BCUT2D eigenvalue weighted by Gasteiger charge is -2.33. The molecule has 1 N–H and O–H groups in total. The molecule has 0 aromatic heterocycles. The third kappa shape index (κ3) is 7.82. The molecule has 1 atom stereocenters. The Balaban J connectivity index is 1.68. The first-order valence-corrected chi connectivity index (χ1v) is 16.0. The van der Waals surface area contributed by atoms with Gasteiger partial charge in [-0.15, -0.1) is 0 Å². The number of aryl methyl sites for hydroxylation is 1. The molecule has 1 unspecified atom stereocenters. The highest BCUT2D eigenvalue weighted by molar-refractivity contribution is 7.92. The molecule has 0 heterocycles. The summed E-state index contributed by atoms with van der Waals surface area (Å²) in [7, 11) is -4.29. The summed E-state index contributed by atoms with van der Waals surface area (Å²) >= 11 is 12.3. The molecule has 0 saturated heterocycles. The van der Waals surface area contributed by atoms with Crippen molar-refractivity contribution in [3.8, 4) is 0 Å². The number of carbonyl (C=O) groups excluding carboxylic acids is 2. The van der Waals surface area contributed by atoms with Crippen LogP contribution in [0.15, 0.2) is 71.6 Å². The number of anilines is 1. The highest BCUT2D eigenvalue weighted by Gasteiger charge is 2.33. The number of nitrogens with one attached hydrogen (secondary N) is 1. The maximum atomic E-state index is 14.0. The Bertz CT molecular complexity index is 1510. The van der Waals surface area contributed by atoms with Crippen molar-refractivity contribution in [1.29, 1.82) is 0 Å². The average molecular weight is 635 g/mol. The van der Waals surface area contributed by atoms with Crippen molar-refractivity contribution < 1.29 is 22.4 Å². The van der Waals surface area contributed by atoms with E-state index in [1.54, 1.807) is 49.4 Å². The molecule has 11 heteroatoms. The SMILES string of the molecule is Cc1ccc(N(CC(=O)N(Cc2ccc(Cl)c(Cl)c2)C(C)C(=O)NC2CCCCC2)S(=O)(=O)c2ccc(F)cc2)cc1. The van der Waals surface area contributed by atoms with Gasteiger partial charge in [-0.25, -0.2) is 12.8 Å². The summed E-state index contributed by atoms with van der Waals surface area (Å²) in [5.74, 6) is -1.50. The van der Waals surface area contributed by atoms with E-state index in [2.05, 4.69) is 5.32 Å². The Morgan fingerprint density at radius 2 is 1.60 bits per heavy atom. The maximum absolute atomic E-state index is 14.0. The first kappa shape index (κ1) is 31.8. The molecule has 1 aliphatic rings. The molecule has 1 saturated carbocycles. The van der Waals surface area contributed by atoms with Gasteiger partial charge in [0.05, 0.1) is 20.6 Å². The van der Waals surface area contributed by atoms with Gasteiger partial charge in [0.1, 0.15) is 18.4 Å². The highest BCUT2D eigenvalue weighted by atomic mass is 35.5. The number of amides is 2. The lowest BCUT2D eigenvalue weighted by atomic mass is 9.95. The largest absolute Gasteiger partial charge is 0.352 e. The standard InChI is InChI=1S/C31H34Cl2FN3O4S/c1-21-8-13-26(14-9-21)37(42(40,41)27-15-11-24(34)12-16-27)20-30(38)36(19-23-10-17-28(32)29(33)18-23)22(2)31(39)35-25-6-4-3-5-7-25/h8-18,22,25H,3-7,19-20H2,1-2H3,(H,35,39). The zero-order valence-corrected chi connectivity index (χ0v) is 25.9. The van der Waals surface area contributed by atoms with Gasteiger partial charge in [-0.05, 0) is 80.8 Å². The lowest BCUT2D eigenvalue weighted by Crippen LogP contribution is -2.53. The van der Waals surface area contributed by atoms with Gasteiger partial charge in [-0.3, -0.25) is 13.9 Å². The van der Waals surface area contributed by atoms with Crippen molar-refractivity contribution in [3.05, 3.63) is 93.7 Å². The third-order valence-corrected chi connectivity index (χ3v) is 9.99. The van der Waals surface area contributed by atoms with E-state index in [4.69, 9.17) is 23.2 Å². The van der Waals surface area contributed by atoms with Crippen LogP contribution in [0.5, 0.6) is 0 Å². The Morgan fingerprint density at radius 3 is 2.21 bits per heavy atom. The summed E-state index contributed by atoms with van der Waals surface area (Å²) in [6.07, 6.45) is 4.92. The number of benzene rings is 3. The minimum atomic E-state index is -4.29. The van der Waals surface area contributed by atoms with Crippen LogP contribution in [0.2, 0.25) is 10.0 Å². The maximum Gasteiger partial charge on any atom is 0.264 e. The van der Waals surface area contributed by atoms with E-state index in [1.165, 1.54) is 4.90 Å². The fourth-order valence-corrected chi connectivity index (χ4v) is 6.69. The summed E-state index contributed by atoms with van der Waals surface area (Å²) in [5, 5.41) is 3.70. The summed E-state index contributed by atoms with van der Waals surface area (Å²) in [4.78, 5) is 28.6. The van der Waals surface area contributed by atoms with Crippen LogP contribution in [0.25, 0.3) is 0 Å². The van der Waals surface area contributed by atoms with Crippen LogP contribution in [-0.2, 0) is 26.2 Å². The summed E-state index contributed by atoms with van der Waals surface area (Å²) in [5.41, 5.74) is 1.78. The quantitative estimate of drug-likeness (QED) is 0.276. The number of carbonyl (C=O) groups is 2. The van der Waals surface area contributed by atoms with Gasteiger partial charge in [0.2, 0.25) is 11.8 Å². The van der Waals surface area contributed by atoms with E-state index < -0.39 is 34.3 Å². The van der Waals surface area contributed by atoms with Crippen molar-refractivity contribution in [2.75, 3.05) is 10.8 Å². The number of hydrogen-bond acceptors (Lipinski definition) is 4. The fourth-order valence-electron chi connectivity index (χ4n) is 4.96. The number of rotatable bonds is 10. The summed E-state index contributed by atoms with van der Waals surface area (Å²) < 4.78 is 42.2. The van der Waals surface area contributed by atoms with E-state index in [9.17, 15) is 22.4 Å². The number of halogens is 3. The van der Waals surface area contributed by atoms with Gasteiger partial charge >= 0.3 is 0 Å². The lowest BCUT2D eigenvalue weighted by molar-refractivity contribution is -0.139. The molecule has 3 aromatic carbocycles. The monoisotopic (exact) mass is 633 g/mol. The molecule has 0 aliphatic heterocycles. The predicted molar refractivity (Wildman–Crippen MR) is 164 cm³/mol. The predicted octanol–water partition coefficient (Wildman–Crippen LogP) is 6.50. The van der Waals surface area contributed by atoms with Crippen LogP contribution >= 0.6 is 23.2 Å². The number of sulfonamides is 1. The van der Waals surface area contributed by atoms with E-state index in [0.29, 0.717) is 15.6 Å². The molecule has 1 fully saturated rings. The first-order chi connectivity index (χ1) is 20.0. The zero-order valence-electron chi connectivity index (χ0n) is 23.5. The molecular formula is C31H34Cl2FN3O4S. The smallest absolute Gasteiger partial charge is 0.264 e. The van der Waals surface area contributed by atoms with Crippen LogP contribution in [0.3, 0.4) is 0 Å². The molecule has 7 nitrogen and oxygen atoms in total. The Kier molecular flexibility index (Phi) is 10.5. The average Bonchev–Trinajstić information content (AvgIpc) is 2.97. The van der Waals surface area contributed by atoms with Gasteiger partial charge in [0, 0.05) is 12.6 Å². The normalized spacial score (nSPS) is 14.7. The van der Waals surface area contributed by atoms with Crippen LogP contribution in [0.4, 0.5) is 10.1 Å². The second kappa shape index (κ2) is 13.9. The molecule has 3 aromatic rings. The molecule has 2 amide bonds. The number of hydrogen-bond donors (Lipinski definition) is 1. The highest BCUT2D eigenvalue weighted by Crippen LogP contribution is 2.27. The van der Waals surface area contributed by atoms with Crippen LogP contribution in [0.1, 0.15) is 50.2 Å². The topological polar surface area (TPSA) is 86.8 Å². The van der Waals surface area contributed by atoms with Gasteiger partial charge in [0.25, 0.3) is 10.0 Å². The minimum Gasteiger partial charge on any atom is -0.352 e. The second-order valence-corrected chi connectivity index (χ2v) is 13.3. The Hall–Kier alpha value is -3.14. The zero-order chi connectivity index (χ0) is 30.4. The molecular weight excluding hydrogens is 600 g/mol. The van der Waals surface area contributed by atoms with E-state index in [1.807, 2.05) is 6.92 Å². The molecule has 0 spiro atoms. The second-order valence-electron chi connectivity index (χ2n) is 10.6. The molecule has 4 rings (SSSR count). The fraction of sp³-hybridized carbons (Fsp3) is 0.355. The van der Waals surface area contributed by atoms with E-state index in [0.717, 1.165) is 66.2 Å². The summed E-state index contributed by atoms with van der Waals surface area (Å²) in [6.45, 7) is 2.88. The van der Waals surface area contributed by atoms with E-state index >= 15 is 0 Å². The number of nitrogens with zero attached hydrogens (tertiary/aromatic N) is 2. The Labute approximate surface area is 256 Å². The van der Waals surface area contributed by atoms with Gasteiger partial charge in [0.15, 0.2) is 0 Å². The van der Waals surface area contributed by atoms with Gasteiger partial charge in [-0.1, -0.05) is 66.2 Å². The molecule has 1 aliphatic carbocycles. The molecule has 42 heavy (non-hydrogen) atoms. The van der Waals surface area contributed by atoms with Gasteiger partial charge < -0.3 is 10.2 Å². The molecule has 0 radical (unpaired) electrons. The van der Waals surface area contributed by atoms with Crippen molar-refractivity contribution in [3.63, 3.8) is 0 Å². The minimum absolute atomic E-state index is 0.00664. The van der Waals surface area contributed by atoms with Crippen molar-refractivity contribution in [2.45, 2.75) is 69.5 Å². The van der Waals surface area contributed by atoms with Crippen LogP contribution in [0, 0.1) is 12.7 Å². The van der Waals surface area contributed by atoms with Crippen LogP contribution < -0.4 is 9.62 Å². The van der Waals surface area contributed by atoms with Gasteiger partial charge in [-0.2, -0.15) is 0 Å². The first-order valence-electron chi connectivity index (χ1n) is 13.8. The van der Waals surface area contributed by atoms with Crippen LogP contribution in [-0.4, -0.2) is 43.8 Å². The van der Waals surface area contributed by atoms with Crippen molar-refractivity contribution in [1.82, 2.24) is 10.2 Å².